The summed E-state index contributed by atoms with van der Waals surface area (Å²) in [4.78, 5) is 15.0. The number of hydrogen-bond acceptors (Lipinski definition) is 4. The van der Waals surface area contributed by atoms with Gasteiger partial charge in [-0.15, -0.1) is 0 Å². The summed E-state index contributed by atoms with van der Waals surface area (Å²) in [5, 5.41) is 13.0. The average Bonchev–Trinajstić information content (AvgIpc) is 2.72. The summed E-state index contributed by atoms with van der Waals surface area (Å²) in [6.07, 6.45) is 3.76. The maximum absolute atomic E-state index is 12.8. The number of likely N-dealkylation sites (N-methyl/N-ethyl adjacent to an activating group) is 1. The number of carbonyl (C=O) groups excluding carboxylic acids is 1. The highest BCUT2D eigenvalue weighted by molar-refractivity contribution is 6.31. The number of nitriles is 1. The molecule has 1 aliphatic heterocycles. The van der Waals surface area contributed by atoms with Crippen LogP contribution >= 0.6 is 11.6 Å². The topological polar surface area (TPSA) is 65.4 Å². The molecule has 0 fully saturated rings. The van der Waals surface area contributed by atoms with Gasteiger partial charge in [0.15, 0.2) is 0 Å². The Morgan fingerprint density at radius 1 is 1.29 bits per heavy atom. The molecule has 31 heavy (non-hydrogen) atoms. The van der Waals surface area contributed by atoms with Gasteiger partial charge >= 0.3 is 0 Å². The second kappa shape index (κ2) is 8.49. The van der Waals surface area contributed by atoms with Crippen LogP contribution in [0.5, 0.6) is 5.75 Å². The molecular weight excluding hydrogens is 410 g/mol. The number of carbonyl (C=O) groups is 1. The predicted octanol–water partition coefficient (Wildman–Crippen LogP) is 5.83. The Balaban J connectivity index is 2.03. The van der Waals surface area contributed by atoms with E-state index in [0.717, 1.165) is 22.4 Å². The second-order valence-electron chi connectivity index (χ2n) is 8.19. The average molecular weight is 436 g/mol. The summed E-state index contributed by atoms with van der Waals surface area (Å²) in [7, 11) is 3.62. The number of nitrogens with zero attached hydrogens (tertiary/aromatic N) is 2. The summed E-state index contributed by atoms with van der Waals surface area (Å²) >= 11 is 6.14. The van der Waals surface area contributed by atoms with Crippen molar-refractivity contribution in [3.8, 4) is 11.8 Å². The molecule has 0 bridgehead atoms. The standard InChI is InChI=1S/C25H26ClN3O2/c1-15-13-25(3,4)29(5)22-12-23(31-6)17(11-19(15)22)10-18(14-27)24(30)28-21-9-7-8-20(26)16(21)2/h7-13H,1-6H3,(H,28,30)/b18-10+. The molecule has 3 rings (SSSR count). The number of allylic oxidation sites excluding steroid dienone is 1. The van der Waals surface area contributed by atoms with Crippen molar-refractivity contribution in [2.24, 2.45) is 0 Å². The van der Waals surface area contributed by atoms with Crippen LogP contribution in [0.4, 0.5) is 11.4 Å². The van der Waals surface area contributed by atoms with Crippen molar-refractivity contribution >= 4 is 40.5 Å². The highest BCUT2D eigenvalue weighted by Gasteiger charge is 2.29. The smallest absolute Gasteiger partial charge is 0.266 e. The largest absolute Gasteiger partial charge is 0.496 e. The molecule has 0 spiro atoms. The van der Waals surface area contributed by atoms with E-state index >= 15 is 0 Å². The van der Waals surface area contributed by atoms with Crippen LogP contribution in [0, 0.1) is 18.3 Å². The van der Waals surface area contributed by atoms with Crippen molar-refractivity contribution in [3.05, 3.63) is 63.7 Å². The summed E-state index contributed by atoms with van der Waals surface area (Å²) < 4.78 is 5.59. The van der Waals surface area contributed by atoms with E-state index in [4.69, 9.17) is 16.3 Å². The van der Waals surface area contributed by atoms with Gasteiger partial charge in [-0.25, -0.2) is 0 Å². The van der Waals surface area contributed by atoms with Gasteiger partial charge in [-0.1, -0.05) is 23.7 Å². The zero-order chi connectivity index (χ0) is 22.9. The van der Waals surface area contributed by atoms with Crippen LogP contribution in [-0.2, 0) is 4.79 Å². The number of benzene rings is 2. The molecule has 0 radical (unpaired) electrons. The normalized spacial score (nSPS) is 15.0. The predicted molar refractivity (Wildman–Crippen MR) is 128 cm³/mol. The zero-order valence-electron chi connectivity index (χ0n) is 18.6. The fraction of sp³-hybridized carbons (Fsp3) is 0.280. The summed E-state index contributed by atoms with van der Waals surface area (Å²) in [5.41, 5.74) is 5.03. The van der Waals surface area contributed by atoms with E-state index in [1.54, 1.807) is 31.4 Å². The molecule has 160 valence electrons. The number of rotatable bonds is 4. The fourth-order valence-electron chi connectivity index (χ4n) is 3.72. The third kappa shape index (κ3) is 4.30. The second-order valence-corrected chi connectivity index (χ2v) is 8.59. The number of fused-ring (bicyclic) bond motifs is 1. The molecule has 2 aromatic rings. The van der Waals surface area contributed by atoms with Gasteiger partial charge in [0.2, 0.25) is 0 Å². The van der Waals surface area contributed by atoms with Gasteiger partial charge in [0.05, 0.1) is 12.6 Å². The van der Waals surface area contributed by atoms with Gasteiger partial charge in [-0.2, -0.15) is 5.26 Å². The summed E-state index contributed by atoms with van der Waals surface area (Å²) in [5.74, 6) is 0.0914. The Bertz CT molecular complexity index is 1160. The molecule has 2 aromatic carbocycles. The van der Waals surface area contributed by atoms with Crippen LogP contribution in [-0.4, -0.2) is 25.6 Å². The molecule has 0 saturated carbocycles. The van der Waals surface area contributed by atoms with E-state index < -0.39 is 5.91 Å². The minimum atomic E-state index is -0.502. The van der Waals surface area contributed by atoms with Crippen molar-refractivity contribution < 1.29 is 9.53 Å². The highest BCUT2D eigenvalue weighted by atomic mass is 35.5. The van der Waals surface area contributed by atoms with Crippen molar-refractivity contribution in [3.63, 3.8) is 0 Å². The lowest BCUT2D eigenvalue weighted by atomic mass is 9.88. The Morgan fingerprint density at radius 3 is 2.65 bits per heavy atom. The highest BCUT2D eigenvalue weighted by Crippen LogP contribution is 2.41. The van der Waals surface area contributed by atoms with Crippen molar-refractivity contribution in [2.45, 2.75) is 33.2 Å². The number of ether oxygens (including phenoxy) is 1. The summed E-state index contributed by atoms with van der Waals surface area (Å²) in [6, 6.07) is 11.2. The molecule has 0 saturated heterocycles. The number of nitrogens with one attached hydrogen (secondary N) is 1. The molecule has 5 nitrogen and oxygen atoms in total. The maximum atomic E-state index is 12.8. The van der Waals surface area contributed by atoms with E-state index in [9.17, 15) is 10.1 Å². The Hall–Kier alpha value is -3.23. The van der Waals surface area contributed by atoms with Gasteiger partial charge in [0, 0.05) is 40.6 Å². The molecule has 1 N–H and O–H groups in total. The SMILES string of the molecule is COc1cc2c(cc1/C=C(\C#N)C(=O)Nc1cccc(Cl)c1C)C(C)=CC(C)(C)N2C. The number of methoxy groups -OCH3 is 1. The minimum absolute atomic E-state index is 0.0243. The van der Waals surface area contributed by atoms with E-state index in [1.165, 1.54) is 0 Å². The van der Waals surface area contributed by atoms with E-state index in [-0.39, 0.29) is 11.1 Å². The quantitative estimate of drug-likeness (QED) is 0.484. The van der Waals surface area contributed by atoms with E-state index in [2.05, 4.69) is 37.1 Å². The van der Waals surface area contributed by atoms with Crippen LogP contribution in [0.3, 0.4) is 0 Å². The van der Waals surface area contributed by atoms with Crippen molar-refractivity contribution in [2.75, 3.05) is 24.4 Å². The molecular formula is C25H26ClN3O2. The minimum Gasteiger partial charge on any atom is -0.496 e. The number of anilines is 2. The Kier molecular flexibility index (Phi) is 6.15. The molecule has 1 heterocycles. The molecule has 1 amide bonds. The Morgan fingerprint density at radius 2 is 2.00 bits per heavy atom. The molecule has 0 unspecified atom stereocenters. The third-order valence-electron chi connectivity index (χ3n) is 5.75. The van der Waals surface area contributed by atoms with Gasteiger partial charge in [0.1, 0.15) is 17.4 Å². The molecule has 1 aliphatic rings. The van der Waals surface area contributed by atoms with Crippen molar-refractivity contribution in [1.29, 1.82) is 5.26 Å². The molecule has 0 aliphatic carbocycles. The fourth-order valence-corrected chi connectivity index (χ4v) is 3.89. The van der Waals surface area contributed by atoms with Crippen LogP contribution in [0.15, 0.2) is 42.0 Å². The van der Waals surface area contributed by atoms with Gasteiger partial charge < -0.3 is 15.0 Å². The summed E-state index contributed by atoms with van der Waals surface area (Å²) in [6.45, 7) is 8.17. The number of amides is 1. The first-order valence-electron chi connectivity index (χ1n) is 9.93. The van der Waals surface area contributed by atoms with Gasteiger partial charge in [-0.3, -0.25) is 4.79 Å². The zero-order valence-corrected chi connectivity index (χ0v) is 19.4. The molecule has 0 atom stereocenters. The van der Waals surface area contributed by atoms with Crippen LogP contribution < -0.4 is 15.0 Å². The van der Waals surface area contributed by atoms with Gasteiger partial charge in [-0.05, 0) is 63.1 Å². The number of hydrogen-bond donors (Lipinski definition) is 1. The van der Waals surface area contributed by atoms with Crippen LogP contribution in [0.2, 0.25) is 5.02 Å². The molecule has 6 heteroatoms. The lowest BCUT2D eigenvalue weighted by Gasteiger charge is -2.41. The first-order chi connectivity index (χ1) is 14.6. The monoisotopic (exact) mass is 435 g/mol. The third-order valence-corrected chi connectivity index (χ3v) is 6.16. The van der Waals surface area contributed by atoms with Crippen molar-refractivity contribution in [1.82, 2.24) is 0 Å². The number of halogens is 1. The van der Waals surface area contributed by atoms with Gasteiger partial charge in [0.25, 0.3) is 5.91 Å². The Labute approximate surface area is 188 Å². The first kappa shape index (κ1) is 22.5. The van der Waals surface area contributed by atoms with Crippen LogP contribution in [0.25, 0.3) is 11.6 Å². The maximum Gasteiger partial charge on any atom is 0.266 e. The van der Waals surface area contributed by atoms with E-state index in [0.29, 0.717) is 22.0 Å². The van der Waals surface area contributed by atoms with E-state index in [1.807, 2.05) is 32.2 Å². The lowest BCUT2D eigenvalue weighted by Crippen LogP contribution is -2.42. The first-order valence-corrected chi connectivity index (χ1v) is 10.3. The van der Waals surface area contributed by atoms with Crippen LogP contribution in [0.1, 0.15) is 37.5 Å². The lowest BCUT2D eigenvalue weighted by molar-refractivity contribution is -0.112. The molecule has 0 aromatic heterocycles.